The van der Waals surface area contributed by atoms with E-state index in [0.717, 1.165) is 12.1 Å². The lowest BCUT2D eigenvalue weighted by Gasteiger charge is -2.40. The van der Waals surface area contributed by atoms with Gasteiger partial charge in [0.1, 0.15) is 59.3 Å². The zero-order valence-electron chi connectivity index (χ0n) is 23.1. The van der Waals surface area contributed by atoms with Crippen molar-refractivity contribution < 1.29 is 58.8 Å². The molecule has 44 heavy (non-hydrogen) atoms. The zero-order chi connectivity index (χ0) is 31.5. The second kappa shape index (κ2) is 12.7. The Morgan fingerprint density at radius 1 is 0.909 bits per heavy atom. The third-order valence-corrected chi connectivity index (χ3v) is 6.88. The van der Waals surface area contributed by atoms with Crippen molar-refractivity contribution >= 4 is 23.0 Å². The molecule has 5 rings (SSSR count). The topological polar surface area (TPSA) is 206 Å². The number of phenolic OH excluding ortho intramolecular Hbond substituents is 3. The summed E-state index contributed by atoms with van der Waals surface area (Å²) in [7, 11) is 1.20. The zero-order valence-corrected chi connectivity index (χ0v) is 23.1. The van der Waals surface area contributed by atoms with E-state index in [4.69, 9.17) is 23.4 Å². The molecule has 0 bridgehead atoms. The summed E-state index contributed by atoms with van der Waals surface area (Å²) in [6.45, 7) is -0.533. The molecule has 5 atom stereocenters. The van der Waals surface area contributed by atoms with Crippen molar-refractivity contribution in [2.24, 2.45) is 0 Å². The van der Waals surface area contributed by atoms with Gasteiger partial charge < -0.3 is 54.0 Å². The van der Waals surface area contributed by atoms with Crippen LogP contribution in [0.2, 0.25) is 0 Å². The molecule has 0 saturated carbocycles. The summed E-state index contributed by atoms with van der Waals surface area (Å²) in [5.74, 6) is -1.79. The number of aliphatic hydroxyl groups is 3. The Morgan fingerprint density at radius 3 is 2.23 bits per heavy atom. The Kier molecular flexibility index (Phi) is 8.73. The Labute approximate surface area is 249 Å². The fraction of sp³-hybridized carbons (Fsp3) is 0.226. The fourth-order valence-corrected chi connectivity index (χ4v) is 4.55. The first kappa shape index (κ1) is 30.4. The smallest absolute Gasteiger partial charge is 0.330 e. The van der Waals surface area contributed by atoms with Crippen molar-refractivity contribution in [1.82, 2.24) is 0 Å². The Balaban J connectivity index is 1.37. The molecular weight excluding hydrogens is 580 g/mol. The van der Waals surface area contributed by atoms with E-state index in [9.17, 15) is 40.2 Å². The van der Waals surface area contributed by atoms with Gasteiger partial charge >= 0.3 is 5.97 Å². The molecule has 2 heterocycles. The highest BCUT2D eigenvalue weighted by atomic mass is 16.7. The monoisotopic (exact) mass is 608 g/mol. The molecule has 0 radical (unpaired) electrons. The van der Waals surface area contributed by atoms with Crippen molar-refractivity contribution in [3.8, 4) is 40.1 Å². The largest absolute Gasteiger partial charge is 0.508 e. The highest BCUT2D eigenvalue weighted by Gasteiger charge is 2.46. The summed E-state index contributed by atoms with van der Waals surface area (Å²) < 4.78 is 27.6. The predicted molar refractivity (Wildman–Crippen MR) is 153 cm³/mol. The minimum absolute atomic E-state index is 0.00640. The van der Waals surface area contributed by atoms with E-state index >= 15 is 0 Å². The van der Waals surface area contributed by atoms with E-state index in [1.54, 1.807) is 12.1 Å². The van der Waals surface area contributed by atoms with Crippen molar-refractivity contribution in [3.63, 3.8) is 0 Å². The lowest BCUT2D eigenvalue weighted by Crippen LogP contribution is -2.60. The SMILES string of the molecule is COc1c(O[C@@H]2O[C@H](COC(=O)/C=C/c3ccc(O)cc3)[C@@H](O)[C@H](O)[C@H]2O)cc2oc(-c3ccc(O)cc3)cc(=O)c2c1O. The van der Waals surface area contributed by atoms with Gasteiger partial charge in [-0.15, -0.1) is 0 Å². The van der Waals surface area contributed by atoms with Crippen LogP contribution in [0.5, 0.6) is 28.7 Å². The number of carbonyl (C=O) groups is 1. The molecule has 0 unspecified atom stereocenters. The molecule has 0 aliphatic carbocycles. The predicted octanol–water partition coefficient (Wildman–Crippen LogP) is 2.03. The Hall–Kier alpha value is -5.08. The Bertz CT molecular complexity index is 1730. The number of carbonyl (C=O) groups excluding carboxylic acids is 1. The summed E-state index contributed by atoms with van der Waals surface area (Å²) in [6, 6.07) is 14.3. The number of phenols is 3. The summed E-state index contributed by atoms with van der Waals surface area (Å²) in [4.78, 5) is 25.2. The number of fused-ring (bicyclic) bond motifs is 1. The van der Waals surface area contributed by atoms with Crippen molar-refractivity contribution in [2.75, 3.05) is 13.7 Å². The summed E-state index contributed by atoms with van der Waals surface area (Å²) in [6.07, 6.45) is -5.71. The van der Waals surface area contributed by atoms with Gasteiger partial charge in [0, 0.05) is 23.8 Å². The van der Waals surface area contributed by atoms with Crippen molar-refractivity contribution in [3.05, 3.63) is 82.5 Å². The van der Waals surface area contributed by atoms with Crippen LogP contribution in [0.1, 0.15) is 5.56 Å². The number of esters is 1. The minimum atomic E-state index is -1.80. The van der Waals surface area contributed by atoms with Crippen LogP contribution in [-0.2, 0) is 14.3 Å². The average Bonchev–Trinajstić information content (AvgIpc) is 3.00. The second-order valence-corrected chi connectivity index (χ2v) is 9.84. The maximum atomic E-state index is 12.9. The summed E-state index contributed by atoms with van der Waals surface area (Å²) in [5.41, 5.74) is 0.341. The summed E-state index contributed by atoms with van der Waals surface area (Å²) in [5, 5.41) is 61.1. The van der Waals surface area contributed by atoms with Crippen molar-refractivity contribution in [1.29, 1.82) is 0 Å². The number of hydrogen-bond donors (Lipinski definition) is 6. The molecule has 0 spiro atoms. The minimum Gasteiger partial charge on any atom is -0.508 e. The van der Waals surface area contributed by atoms with Crippen LogP contribution in [0.25, 0.3) is 28.4 Å². The van der Waals surface area contributed by atoms with Gasteiger partial charge in [-0.1, -0.05) is 12.1 Å². The lowest BCUT2D eigenvalue weighted by molar-refractivity contribution is -0.278. The van der Waals surface area contributed by atoms with E-state index in [0.29, 0.717) is 11.1 Å². The molecule has 3 aromatic carbocycles. The van der Waals surface area contributed by atoms with Crippen LogP contribution in [-0.4, -0.2) is 81.0 Å². The van der Waals surface area contributed by atoms with Gasteiger partial charge in [0.25, 0.3) is 0 Å². The third kappa shape index (κ3) is 6.31. The average molecular weight is 609 g/mol. The van der Waals surface area contributed by atoms with E-state index in [1.165, 1.54) is 55.7 Å². The lowest BCUT2D eigenvalue weighted by atomic mass is 9.99. The maximum Gasteiger partial charge on any atom is 0.330 e. The van der Waals surface area contributed by atoms with E-state index in [-0.39, 0.29) is 39.7 Å². The van der Waals surface area contributed by atoms with Crippen molar-refractivity contribution in [2.45, 2.75) is 30.7 Å². The van der Waals surface area contributed by atoms with Crippen LogP contribution < -0.4 is 14.9 Å². The summed E-state index contributed by atoms with van der Waals surface area (Å²) >= 11 is 0. The molecule has 4 aromatic rings. The highest BCUT2D eigenvalue weighted by Crippen LogP contribution is 2.43. The van der Waals surface area contributed by atoms with Crippen LogP contribution in [0.3, 0.4) is 0 Å². The van der Waals surface area contributed by atoms with Gasteiger partial charge in [0.05, 0.1) is 7.11 Å². The molecule has 6 N–H and O–H groups in total. The maximum absolute atomic E-state index is 12.9. The standard InChI is InChI=1S/C31H28O13/c1-40-30-22(13-21-25(27(30)37)19(34)12-20(42-21)16-5-9-18(33)10-6-16)43-31-29(39)28(38)26(36)23(44-31)14-41-24(35)11-4-15-2-7-17(32)8-3-15/h2-13,23,26,28-29,31-33,36-39H,14H2,1H3/b11-4+/t23-,26-,28+,29-,31-/m1/s1. The number of benzene rings is 3. The van der Waals surface area contributed by atoms with Crippen LogP contribution in [0.4, 0.5) is 0 Å². The van der Waals surface area contributed by atoms with E-state index in [2.05, 4.69) is 0 Å². The van der Waals surface area contributed by atoms with Gasteiger partial charge in [-0.05, 0) is 48.0 Å². The number of methoxy groups -OCH3 is 1. The normalized spacial score (nSPS) is 21.8. The number of rotatable bonds is 8. The number of aliphatic hydroxyl groups excluding tert-OH is 3. The van der Waals surface area contributed by atoms with E-state index in [1.807, 2.05) is 0 Å². The number of ether oxygens (including phenoxy) is 4. The van der Waals surface area contributed by atoms with Crippen LogP contribution >= 0.6 is 0 Å². The van der Waals surface area contributed by atoms with Crippen LogP contribution in [0, 0.1) is 0 Å². The Morgan fingerprint density at radius 2 is 1.57 bits per heavy atom. The fourth-order valence-electron chi connectivity index (χ4n) is 4.55. The molecule has 1 saturated heterocycles. The molecule has 230 valence electrons. The van der Waals surface area contributed by atoms with E-state index < -0.39 is 54.5 Å². The highest BCUT2D eigenvalue weighted by molar-refractivity contribution is 5.89. The molecule has 0 amide bonds. The van der Waals surface area contributed by atoms with Gasteiger partial charge in [0.2, 0.25) is 12.0 Å². The van der Waals surface area contributed by atoms with Gasteiger partial charge in [0.15, 0.2) is 16.9 Å². The van der Waals surface area contributed by atoms with Gasteiger partial charge in [-0.25, -0.2) is 4.79 Å². The second-order valence-electron chi connectivity index (χ2n) is 9.84. The molecule has 13 heteroatoms. The quantitative estimate of drug-likeness (QED) is 0.125. The molecule has 1 fully saturated rings. The third-order valence-electron chi connectivity index (χ3n) is 6.88. The first-order chi connectivity index (χ1) is 21.0. The molecule has 1 aliphatic heterocycles. The van der Waals surface area contributed by atoms with Gasteiger partial charge in [-0.3, -0.25) is 4.79 Å². The number of hydrogen-bond acceptors (Lipinski definition) is 13. The molecular formula is C31H28O13. The molecule has 1 aromatic heterocycles. The van der Waals surface area contributed by atoms with Crippen LogP contribution in [0.15, 0.2) is 76.0 Å². The van der Waals surface area contributed by atoms with Gasteiger partial charge in [-0.2, -0.15) is 0 Å². The molecule has 13 nitrogen and oxygen atoms in total. The molecule has 1 aliphatic rings. The first-order valence-corrected chi connectivity index (χ1v) is 13.2. The number of aromatic hydroxyl groups is 3. The first-order valence-electron chi connectivity index (χ1n) is 13.2.